The fourth-order valence-electron chi connectivity index (χ4n) is 4.01. The quantitative estimate of drug-likeness (QED) is 0.472. The Bertz CT molecular complexity index is 490. The molecule has 0 heterocycles. The van der Waals surface area contributed by atoms with Crippen molar-refractivity contribution in [1.82, 2.24) is 0 Å². The van der Waals surface area contributed by atoms with Crippen LogP contribution in [0.4, 0.5) is 0 Å². The molecule has 0 radical (unpaired) electrons. The number of fused-ring (bicyclic) bond motifs is 2. The van der Waals surface area contributed by atoms with Gasteiger partial charge >= 0.3 is 5.97 Å². The van der Waals surface area contributed by atoms with Gasteiger partial charge in [-0.25, -0.2) is 0 Å². The van der Waals surface area contributed by atoms with Gasteiger partial charge in [-0.05, 0) is 50.0 Å². The molecule has 0 spiro atoms. The Morgan fingerprint density at radius 2 is 1.85 bits per heavy atom. The lowest BCUT2D eigenvalue weighted by Crippen LogP contribution is -2.45. The molecule has 0 aliphatic heterocycles. The molecule has 1 N–H and O–H groups in total. The number of rotatable bonds is 5. The van der Waals surface area contributed by atoms with Gasteiger partial charge in [0.15, 0.2) is 0 Å². The fourth-order valence-corrected chi connectivity index (χ4v) is 4.01. The Hall–Kier alpha value is -1.51. The molecule has 2 saturated carbocycles. The summed E-state index contributed by atoms with van der Waals surface area (Å²) in [5.74, 6) is 0.570. The van der Waals surface area contributed by atoms with E-state index < -0.39 is 11.4 Å². The molecule has 110 valence electrons. The van der Waals surface area contributed by atoms with Crippen LogP contribution >= 0.6 is 0 Å². The number of hydrogen-bond donors (Lipinski definition) is 1. The number of carboxylic acid groups (broad SMARTS) is 1. The minimum absolute atomic E-state index is 0.192. The maximum Gasteiger partial charge on any atom is 0.313 e. The second-order valence-electron chi connectivity index (χ2n) is 6.59. The van der Waals surface area contributed by atoms with Gasteiger partial charge in [-0.1, -0.05) is 32.2 Å². The molecule has 3 heteroatoms. The van der Waals surface area contributed by atoms with Crippen molar-refractivity contribution in [1.29, 1.82) is 0 Å². The number of aliphatic carboxylic acids is 1. The van der Waals surface area contributed by atoms with E-state index in [1.54, 1.807) is 0 Å². The highest BCUT2D eigenvalue weighted by Gasteiger charge is 2.65. The molecule has 0 aromatic carbocycles. The number of allylic oxidation sites excluding steroid dienone is 2. The summed E-state index contributed by atoms with van der Waals surface area (Å²) in [5, 5.41) is 9.77. The van der Waals surface area contributed by atoms with Gasteiger partial charge in [-0.15, -0.1) is 0 Å². The second-order valence-corrected chi connectivity index (χ2v) is 6.59. The summed E-state index contributed by atoms with van der Waals surface area (Å²) >= 11 is 0. The first-order chi connectivity index (χ1) is 9.20. The van der Waals surface area contributed by atoms with Gasteiger partial charge in [0, 0.05) is 0 Å². The van der Waals surface area contributed by atoms with Crippen molar-refractivity contribution < 1.29 is 14.6 Å². The Morgan fingerprint density at radius 1 is 1.25 bits per heavy atom. The number of carboxylic acids is 1. The molecule has 2 rings (SSSR count). The van der Waals surface area contributed by atoms with Crippen LogP contribution in [0, 0.1) is 23.2 Å². The molecule has 2 fully saturated rings. The molecule has 0 saturated heterocycles. The summed E-state index contributed by atoms with van der Waals surface area (Å²) in [6.45, 7) is 17.6. The SMILES string of the molecule is C=C(C)C(=C)OC1[C@H](C)C2CC1(C(=O)O)CC2C(=C)C. The molecule has 5 atom stereocenters. The first-order valence-corrected chi connectivity index (χ1v) is 7.11. The first-order valence-electron chi connectivity index (χ1n) is 7.11. The standard InChI is InChI=1S/C17H24O3/c1-9(2)12(6)20-15-11(5)14-8-17(15,16(18)19)7-13(14)10(3)4/h11,13-15H,1,3,6-8H2,2,4-5H3,(H,18,19)/t11-,13?,14?,15?,17?/m1/s1. The Kier molecular flexibility index (Phi) is 3.57. The lowest BCUT2D eigenvalue weighted by Gasteiger charge is -2.39. The van der Waals surface area contributed by atoms with Gasteiger partial charge in [0.25, 0.3) is 0 Å². The zero-order valence-electron chi connectivity index (χ0n) is 12.6. The summed E-state index contributed by atoms with van der Waals surface area (Å²) in [4.78, 5) is 11.9. The van der Waals surface area contributed by atoms with Crippen molar-refractivity contribution in [2.75, 3.05) is 0 Å². The summed E-state index contributed by atoms with van der Waals surface area (Å²) in [5.41, 5.74) is 1.03. The number of hydrogen-bond acceptors (Lipinski definition) is 2. The average Bonchev–Trinajstić information content (AvgIpc) is 2.86. The Balaban J connectivity index is 2.31. The molecule has 0 aromatic rings. The van der Waals surface area contributed by atoms with E-state index in [1.807, 2.05) is 13.8 Å². The average molecular weight is 276 g/mol. The van der Waals surface area contributed by atoms with Crippen molar-refractivity contribution >= 4 is 5.97 Å². The van der Waals surface area contributed by atoms with Crippen LogP contribution in [0.25, 0.3) is 0 Å². The smallest absolute Gasteiger partial charge is 0.313 e. The van der Waals surface area contributed by atoms with Crippen LogP contribution in [0.5, 0.6) is 0 Å². The van der Waals surface area contributed by atoms with Crippen LogP contribution in [0.1, 0.15) is 33.6 Å². The Morgan fingerprint density at radius 3 is 2.30 bits per heavy atom. The topological polar surface area (TPSA) is 46.5 Å². The third-order valence-electron chi connectivity index (χ3n) is 5.20. The van der Waals surface area contributed by atoms with Crippen LogP contribution in [0.2, 0.25) is 0 Å². The molecule has 2 aliphatic carbocycles. The molecule has 3 nitrogen and oxygen atoms in total. The third kappa shape index (κ3) is 2.00. The molecule has 2 aliphatic rings. The third-order valence-corrected chi connectivity index (χ3v) is 5.20. The largest absolute Gasteiger partial charge is 0.489 e. The van der Waals surface area contributed by atoms with E-state index in [9.17, 15) is 9.90 Å². The molecular weight excluding hydrogens is 252 g/mol. The van der Waals surface area contributed by atoms with Crippen LogP contribution in [-0.2, 0) is 9.53 Å². The van der Waals surface area contributed by atoms with Gasteiger partial charge in [-0.2, -0.15) is 0 Å². The van der Waals surface area contributed by atoms with Gasteiger partial charge in [0.1, 0.15) is 17.3 Å². The predicted octanol–water partition coefficient (Wildman–Crippen LogP) is 3.78. The van der Waals surface area contributed by atoms with Crippen molar-refractivity contribution in [3.05, 3.63) is 36.6 Å². The molecule has 4 unspecified atom stereocenters. The first kappa shape index (κ1) is 14.9. The van der Waals surface area contributed by atoms with E-state index in [4.69, 9.17) is 4.74 Å². The number of carbonyl (C=O) groups is 1. The minimum atomic E-state index is -0.800. The zero-order valence-corrected chi connectivity index (χ0v) is 12.6. The maximum atomic E-state index is 11.9. The minimum Gasteiger partial charge on any atom is -0.489 e. The van der Waals surface area contributed by atoms with Crippen molar-refractivity contribution in [2.45, 2.75) is 39.7 Å². The number of ether oxygens (including phenoxy) is 1. The van der Waals surface area contributed by atoms with Crippen LogP contribution in [0.15, 0.2) is 36.6 Å². The van der Waals surface area contributed by atoms with Crippen LogP contribution < -0.4 is 0 Å². The predicted molar refractivity (Wildman–Crippen MR) is 79.1 cm³/mol. The highest BCUT2D eigenvalue weighted by atomic mass is 16.5. The van der Waals surface area contributed by atoms with Crippen molar-refractivity contribution in [2.24, 2.45) is 23.2 Å². The summed E-state index contributed by atoms with van der Waals surface area (Å²) in [7, 11) is 0. The van der Waals surface area contributed by atoms with E-state index in [-0.39, 0.29) is 12.0 Å². The van der Waals surface area contributed by atoms with E-state index in [0.717, 1.165) is 11.1 Å². The normalized spacial score (nSPS) is 38.5. The molecule has 0 aromatic heterocycles. The van der Waals surface area contributed by atoms with Gasteiger partial charge in [-0.3, -0.25) is 4.79 Å². The second kappa shape index (κ2) is 4.80. The highest BCUT2D eigenvalue weighted by molar-refractivity contribution is 5.77. The molecule has 0 amide bonds. The van der Waals surface area contributed by atoms with Gasteiger partial charge < -0.3 is 9.84 Å². The van der Waals surface area contributed by atoms with Gasteiger partial charge in [0.2, 0.25) is 0 Å². The lowest BCUT2D eigenvalue weighted by molar-refractivity contribution is -0.158. The van der Waals surface area contributed by atoms with Crippen LogP contribution in [-0.4, -0.2) is 17.2 Å². The lowest BCUT2D eigenvalue weighted by atomic mass is 9.71. The Labute approximate surface area is 121 Å². The summed E-state index contributed by atoms with van der Waals surface area (Å²) in [6.07, 6.45) is 0.987. The molecule has 20 heavy (non-hydrogen) atoms. The highest BCUT2D eigenvalue weighted by Crippen LogP contribution is 2.62. The van der Waals surface area contributed by atoms with E-state index in [2.05, 4.69) is 26.7 Å². The monoisotopic (exact) mass is 276 g/mol. The maximum absolute atomic E-state index is 11.9. The van der Waals surface area contributed by atoms with Crippen LogP contribution in [0.3, 0.4) is 0 Å². The summed E-state index contributed by atoms with van der Waals surface area (Å²) in [6, 6.07) is 0. The van der Waals surface area contributed by atoms with E-state index in [1.165, 1.54) is 0 Å². The fraction of sp³-hybridized carbons (Fsp3) is 0.588. The molecule has 2 bridgehead atoms. The van der Waals surface area contributed by atoms with E-state index in [0.29, 0.717) is 30.4 Å². The summed E-state index contributed by atoms with van der Waals surface area (Å²) < 4.78 is 5.91. The zero-order chi connectivity index (χ0) is 15.2. The van der Waals surface area contributed by atoms with Crippen molar-refractivity contribution in [3.63, 3.8) is 0 Å². The molecular formula is C17H24O3. The van der Waals surface area contributed by atoms with Gasteiger partial charge in [0.05, 0.1) is 0 Å². The van der Waals surface area contributed by atoms with Crippen molar-refractivity contribution in [3.8, 4) is 0 Å². The van der Waals surface area contributed by atoms with E-state index >= 15 is 0 Å².